The van der Waals surface area contributed by atoms with E-state index < -0.39 is 12.1 Å². The predicted octanol–water partition coefficient (Wildman–Crippen LogP) is 5.35. The van der Waals surface area contributed by atoms with Crippen LogP contribution in [0.25, 0.3) is 11.1 Å². The number of benzene rings is 2. The van der Waals surface area contributed by atoms with Crippen LogP contribution in [0, 0.1) is 5.92 Å². The molecule has 258 valence electrons. The Kier molecular flexibility index (Phi) is 11.6. The highest BCUT2D eigenvalue weighted by Gasteiger charge is 2.31. The van der Waals surface area contributed by atoms with Gasteiger partial charge < -0.3 is 44.4 Å². The lowest BCUT2D eigenvalue weighted by Crippen LogP contribution is -2.40. The molecule has 3 aromatic rings. The molecule has 0 heterocycles. The van der Waals surface area contributed by atoms with Gasteiger partial charge in [0.05, 0.1) is 54.4 Å². The van der Waals surface area contributed by atoms with E-state index in [9.17, 15) is 14.4 Å². The summed E-state index contributed by atoms with van der Waals surface area (Å²) >= 11 is 0. The number of aryl methyl sites for hydroxylation is 1. The van der Waals surface area contributed by atoms with Gasteiger partial charge >= 0.3 is 0 Å². The summed E-state index contributed by atoms with van der Waals surface area (Å²) in [5.74, 6) is 1.79. The van der Waals surface area contributed by atoms with Crippen LogP contribution < -0.4 is 49.8 Å². The molecule has 48 heavy (non-hydrogen) atoms. The molecular weight excluding hydrogens is 618 g/mol. The van der Waals surface area contributed by atoms with Gasteiger partial charge in [-0.05, 0) is 53.6 Å². The van der Waals surface area contributed by atoms with Crippen LogP contribution in [0.3, 0.4) is 0 Å². The Bertz CT molecular complexity index is 1700. The van der Waals surface area contributed by atoms with Crippen LogP contribution in [0.4, 0.5) is 11.4 Å². The van der Waals surface area contributed by atoms with Crippen molar-refractivity contribution in [2.75, 3.05) is 53.3 Å². The third-order valence-corrected chi connectivity index (χ3v) is 8.65. The highest BCUT2D eigenvalue weighted by molar-refractivity contribution is 5.97. The first-order chi connectivity index (χ1) is 23.0. The van der Waals surface area contributed by atoms with Crippen molar-refractivity contribution in [1.29, 1.82) is 0 Å². The normalized spacial score (nSPS) is 14.6. The number of carbonyl (C=O) groups is 2. The topological polar surface area (TPSA) is 143 Å². The predicted molar refractivity (Wildman–Crippen MR) is 184 cm³/mol. The van der Waals surface area contributed by atoms with E-state index in [1.165, 1.54) is 41.4 Å². The van der Waals surface area contributed by atoms with Crippen molar-refractivity contribution >= 4 is 23.2 Å². The van der Waals surface area contributed by atoms with E-state index in [1.54, 1.807) is 32.4 Å². The maximum Gasteiger partial charge on any atom is 0.247 e. The second-order valence-electron chi connectivity index (χ2n) is 11.5. The first-order valence-electron chi connectivity index (χ1n) is 15.7. The van der Waals surface area contributed by atoms with Gasteiger partial charge in [0.2, 0.25) is 28.7 Å². The standard InChI is InChI=1S/C36H45N3O9/c1-10-19(2)32(36(42)38-22-16-29(44-5)33(46-7)30(17-22)45-6)39-26-14-12-23-24(18-27(26)41)25(37-20(3)40)13-11-21-15-28(43-4)34(47-8)35(48-9)31(21)23/h12,14-19,25,32H,10-11,13H2,1-9H3,(H,37,40)(H,38,42)(H,39,41)/t19-,25+,32+/m0/s1. The summed E-state index contributed by atoms with van der Waals surface area (Å²) < 4.78 is 33.5. The van der Waals surface area contributed by atoms with E-state index in [1.807, 2.05) is 26.0 Å². The van der Waals surface area contributed by atoms with Crippen molar-refractivity contribution < 1.29 is 38.0 Å². The smallest absolute Gasteiger partial charge is 0.247 e. The molecule has 3 atom stereocenters. The van der Waals surface area contributed by atoms with E-state index in [-0.39, 0.29) is 28.8 Å². The number of hydrogen-bond acceptors (Lipinski definition) is 10. The van der Waals surface area contributed by atoms with Gasteiger partial charge in [0.25, 0.3) is 0 Å². The van der Waals surface area contributed by atoms with Crippen LogP contribution in [0.1, 0.15) is 50.8 Å². The monoisotopic (exact) mass is 663 g/mol. The number of carbonyl (C=O) groups excluding carboxylic acids is 2. The molecule has 0 saturated carbocycles. The molecule has 12 heteroatoms. The number of nitrogens with one attached hydrogen (secondary N) is 3. The highest BCUT2D eigenvalue weighted by atomic mass is 16.5. The van der Waals surface area contributed by atoms with E-state index in [0.717, 1.165) is 11.1 Å². The zero-order chi connectivity index (χ0) is 35.1. The van der Waals surface area contributed by atoms with Gasteiger partial charge in [0.15, 0.2) is 23.0 Å². The lowest BCUT2D eigenvalue weighted by atomic mass is 9.95. The molecule has 0 fully saturated rings. The summed E-state index contributed by atoms with van der Waals surface area (Å²) in [4.78, 5) is 40.1. The number of rotatable bonds is 13. The molecule has 0 radical (unpaired) electrons. The first-order valence-corrected chi connectivity index (χ1v) is 15.7. The van der Waals surface area contributed by atoms with Crippen LogP contribution >= 0.6 is 0 Å². The second kappa shape index (κ2) is 15.6. The molecule has 4 rings (SSSR count). The van der Waals surface area contributed by atoms with Crippen molar-refractivity contribution in [2.24, 2.45) is 5.92 Å². The minimum absolute atomic E-state index is 0.167. The quantitative estimate of drug-likeness (QED) is 0.219. The average Bonchev–Trinajstić information content (AvgIpc) is 3.32. The number of hydrogen-bond donors (Lipinski definition) is 3. The molecule has 0 saturated heterocycles. The van der Waals surface area contributed by atoms with Crippen LogP contribution in [0.5, 0.6) is 34.5 Å². The van der Waals surface area contributed by atoms with E-state index >= 15 is 0 Å². The summed E-state index contributed by atoms with van der Waals surface area (Å²) in [6.07, 6.45) is 1.75. The molecule has 0 aliphatic heterocycles. The van der Waals surface area contributed by atoms with Gasteiger partial charge in [-0.3, -0.25) is 14.4 Å². The Morgan fingerprint density at radius 2 is 1.44 bits per heavy atom. The number of fused-ring (bicyclic) bond motifs is 3. The third kappa shape index (κ3) is 7.22. The summed E-state index contributed by atoms with van der Waals surface area (Å²) in [5, 5.41) is 9.18. The van der Waals surface area contributed by atoms with E-state index in [0.29, 0.717) is 70.6 Å². The van der Waals surface area contributed by atoms with Crippen molar-refractivity contribution in [1.82, 2.24) is 5.32 Å². The number of anilines is 2. The Morgan fingerprint density at radius 1 is 0.833 bits per heavy atom. The van der Waals surface area contributed by atoms with Crippen LogP contribution in [-0.2, 0) is 16.0 Å². The fraction of sp³-hybridized carbons (Fsp3) is 0.417. The maximum atomic E-state index is 14.0. The Hall–Kier alpha value is -5.13. The minimum atomic E-state index is -0.790. The lowest BCUT2D eigenvalue weighted by molar-refractivity contribution is -0.120. The molecule has 0 aromatic heterocycles. The van der Waals surface area contributed by atoms with Gasteiger partial charge in [0.1, 0.15) is 6.04 Å². The summed E-state index contributed by atoms with van der Waals surface area (Å²) in [6.45, 7) is 5.35. The second-order valence-corrected chi connectivity index (χ2v) is 11.5. The maximum absolute atomic E-state index is 14.0. The van der Waals surface area contributed by atoms with Crippen LogP contribution in [0.2, 0.25) is 0 Å². The number of amides is 2. The summed E-state index contributed by atoms with van der Waals surface area (Å²) in [6, 6.07) is 8.93. The largest absolute Gasteiger partial charge is 0.493 e. The van der Waals surface area contributed by atoms with Crippen molar-refractivity contribution in [3.8, 4) is 45.6 Å². The number of ether oxygens (including phenoxy) is 6. The lowest BCUT2D eigenvalue weighted by Gasteiger charge is -2.24. The van der Waals surface area contributed by atoms with Crippen LogP contribution in [0.15, 0.2) is 41.2 Å². The molecule has 3 aromatic carbocycles. The Balaban J connectivity index is 1.84. The number of methoxy groups -OCH3 is 6. The summed E-state index contributed by atoms with van der Waals surface area (Å²) in [7, 11) is 9.13. The Labute approximate surface area is 281 Å². The average molecular weight is 664 g/mol. The van der Waals surface area contributed by atoms with Gasteiger partial charge in [-0.2, -0.15) is 0 Å². The molecule has 12 nitrogen and oxygen atoms in total. The highest BCUT2D eigenvalue weighted by Crippen LogP contribution is 2.50. The SMILES string of the molecule is CC[C@H](C)[C@@H](Nc1ccc2c(cc1=O)[C@H](NC(C)=O)CCc1cc(OC)c(OC)c(OC)c1-2)C(=O)Nc1cc(OC)c(OC)c(OC)c1. The van der Waals surface area contributed by atoms with Gasteiger partial charge in [-0.25, -0.2) is 0 Å². The van der Waals surface area contributed by atoms with Crippen molar-refractivity contribution in [2.45, 2.75) is 52.1 Å². The van der Waals surface area contributed by atoms with E-state index in [4.69, 9.17) is 28.4 Å². The zero-order valence-corrected chi connectivity index (χ0v) is 29.0. The van der Waals surface area contributed by atoms with Gasteiger partial charge in [0, 0.05) is 30.3 Å². The summed E-state index contributed by atoms with van der Waals surface area (Å²) in [5.41, 5.74) is 3.26. The minimum Gasteiger partial charge on any atom is -0.493 e. The van der Waals surface area contributed by atoms with Gasteiger partial charge in [-0.15, -0.1) is 0 Å². The fourth-order valence-electron chi connectivity index (χ4n) is 6.07. The van der Waals surface area contributed by atoms with E-state index in [2.05, 4.69) is 16.0 Å². The van der Waals surface area contributed by atoms with Crippen molar-refractivity contribution in [3.63, 3.8) is 0 Å². The molecule has 0 bridgehead atoms. The zero-order valence-electron chi connectivity index (χ0n) is 29.0. The molecule has 0 unspecified atom stereocenters. The molecule has 1 aliphatic rings. The molecule has 2 amide bonds. The molecule has 0 spiro atoms. The molecule has 3 N–H and O–H groups in total. The Morgan fingerprint density at radius 3 is 1.98 bits per heavy atom. The van der Waals surface area contributed by atoms with Gasteiger partial charge in [-0.1, -0.05) is 26.3 Å². The first kappa shape index (κ1) is 35.7. The van der Waals surface area contributed by atoms with Crippen LogP contribution in [-0.4, -0.2) is 60.5 Å². The third-order valence-electron chi connectivity index (χ3n) is 8.65. The van der Waals surface area contributed by atoms with Crippen molar-refractivity contribution in [3.05, 3.63) is 57.7 Å². The molecule has 1 aliphatic carbocycles. The molecular formula is C36H45N3O9. The fourth-order valence-corrected chi connectivity index (χ4v) is 6.07.